The second-order valence-electron chi connectivity index (χ2n) is 6.17. The zero-order chi connectivity index (χ0) is 16.7. The van der Waals surface area contributed by atoms with Crippen LogP contribution in [0.1, 0.15) is 43.2 Å². The molecule has 0 aromatic heterocycles. The molecule has 0 spiro atoms. The first-order chi connectivity index (χ1) is 10.7. The number of hydrogen-bond donors (Lipinski definition) is 1. The highest BCUT2D eigenvalue weighted by Gasteiger charge is 2.56. The van der Waals surface area contributed by atoms with Crippen molar-refractivity contribution >= 4 is 10.0 Å². The number of sulfonamides is 1. The van der Waals surface area contributed by atoms with Crippen LogP contribution in [0.5, 0.6) is 0 Å². The first-order valence-electron chi connectivity index (χ1n) is 7.54. The smallest absolute Gasteiger partial charge is 0.372 e. The van der Waals surface area contributed by atoms with E-state index in [0.29, 0.717) is 31.4 Å². The lowest BCUT2D eigenvalue weighted by Crippen LogP contribution is -2.59. The number of hydrogen-bond acceptors (Lipinski definition) is 3. The van der Waals surface area contributed by atoms with Gasteiger partial charge in [0.05, 0.1) is 18.1 Å². The van der Waals surface area contributed by atoms with Crippen molar-refractivity contribution in [2.45, 2.75) is 61.9 Å². The van der Waals surface area contributed by atoms with E-state index in [1.807, 2.05) is 4.72 Å². The number of fused-ring (bicyclic) bond motifs is 1. The lowest BCUT2D eigenvalue weighted by atomic mass is 9.82. The fourth-order valence-electron chi connectivity index (χ4n) is 3.23. The van der Waals surface area contributed by atoms with Gasteiger partial charge in [-0.25, -0.2) is 8.42 Å². The molecule has 23 heavy (non-hydrogen) atoms. The van der Waals surface area contributed by atoms with E-state index in [1.54, 1.807) is 6.07 Å². The molecule has 0 bridgehead atoms. The molecule has 3 rings (SSSR count). The molecule has 128 valence electrons. The lowest BCUT2D eigenvalue weighted by molar-refractivity contribution is -0.199. The van der Waals surface area contributed by atoms with Gasteiger partial charge in [-0.1, -0.05) is 25.3 Å². The molecule has 0 saturated heterocycles. The molecule has 1 heterocycles. The Morgan fingerprint density at radius 2 is 1.70 bits per heavy atom. The van der Waals surface area contributed by atoms with Crippen molar-refractivity contribution < 1.29 is 26.3 Å². The van der Waals surface area contributed by atoms with Crippen molar-refractivity contribution in [1.82, 2.24) is 4.72 Å². The van der Waals surface area contributed by atoms with Gasteiger partial charge in [-0.05, 0) is 36.1 Å². The summed E-state index contributed by atoms with van der Waals surface area (Å²) in [5.74, 6) is 0. The SMILES string of the molecule is O=S(=O)(NC1(C(F)(F)F)CCCCC1)c1ccc2c(c1)COC2. The van der Waals surface area contributed by atoms with Gasteiger partial charge in [-0.15, -0.1) is 0 Å². The molecule has 0 radical (unpaired) electrons. The Morgan fingerprint density at radius 3 is 2.35 bits per heavy atom. The molecule has 1 aromatic carbocycles. The Balaban J connectivity index is 1.93. The molecule has 4 nitrogen and oxygen atoms in total. The van der Waals surface area contributed by atoms with Crippen LogP contribution in [0.3, 0.4) is 0 Å². The Morgan fingerprint density at radius 1 is 1.04 bits per heavy atom. The standard InChI is InChI=1S/C15H18F3NO3S/c16-15(17,18)14(6-2-1-3-7-14)19-23(20,21)13-5-4-11-9-22-10-12(11)8-13/h4-5,8,19H,1-3,6-7,9-10H2. The summed E-state index contributed by atoms with van der Waals surface area (Å²) in [5, 5.41) is 0. The number of ether oxygens (including phenoxy) is 1. The number of halogens is 3. The van der Waals surface area contributed by atoms with Crippen LogP contribution in [-0.4, -0.2) is 20.1 Å². The molecule has 8 heteroatoms. The molecule has 1 N–H and O–H groups in total. The lowest BCUT2D eigenvalue weighted by Gasteiger charge is -2.39. The third-order valence-corrected chi connectivity index (χ3v) is 6.12. The van der Waals surface area contributed by atoms with Crippen LogP contribution in [-0.2, 0) is 28.0 Å². The maximum absolute atomic E-state index is 13.5. The van der Waals surface area contributed by atoms with Crippen LogP contribution < -0.4 is 4.72 Å². The van der Waals surface area contributed by atoms with E-state index in [4.69, 9.17) is 4.74 Å². The van der Waals surface area contributed by atoms with Gasteiger partial charge in [0.15, 0.2) is 0 Å². The molecule has 0 unspecified atom stereocenters. The third-order valence-electron chi connectivity index (χ3n) is 4.58. The number of benzene rings is 1. The average molecular weight is 349 g/mol. The summed E-state index contributed by atoms with van der Waals surface area (Å²) in [7, 11) is -4.25. The predicted octanol–water partition coefficient (Wildman–Crippen LogP) is 3.26. The van der Waals surface area contributed by atoms with E-state index in [2.05, 4.69) is 0 Å². The average Bonchev–Trinajstić information content (AvgIpc) is 2.94. The van der Waals surface area contributed by atoms with Gasteiger partial charge in [0.2, 0.25) is 10.0 Å². The third kappa shape index (κ3) is 3.12. The zero-order valence-electron chi connectivity index (χ0n) is 12.4. The minimum Gasteiger partial charge on any atom is -0.372 e. The first-order valence-corrected chi connectivity index (χ1v) is 9.02. The van der Waals surface area contributed by atoms with Crippen molar-refractivity contribution in [3.05, 3.63) is 29.3 Å². The monoisotopic (exact) mass is 349 g/mol. The maximum Gasteiger partial charge on any atom is 0.407 e. The zero-order valence-corrected chi connectivity index (χ0v) is 13.3. The van der Waals surface area contributed by atoms with Crippen molar-refractivity contribution in [2.24, 2.45) is 0 Å². The fourth-order valence-corrected chi connectivity index (χ4v) is 4.73. The Hall–Kier alpha value is -1.12. The largest absolute Gasteiger partial charge is 0.407 e. The first kappa shape index (κ1) is 16.7. The normalized spacial score (nSPS) is 21.2. The van der Waals surface area contributed by atoms with E-state index in [1.165, 1.54) is 12.1 Å². The Labute approximate surface area is 133 Å². The van der Waals surface area contributed by atoms with Crippen LogP contribution >= 0.6 is 0 Å². The van der Waals surface area contributed by atoms with Crippen molar-refractivity contribution in [1.29, 1.82) is 0 Å². The summed E-state index contributed by atoms with van der Waals surface area (Å²) < 4.78 is 72.7. The summed E-state index contributed by atoms with van der Waals surface area (Å²) in [5.41, 5.74) is -0.788. The van der Waals surface area contributed by atoms with E-state index < -0.39 is 21.7 Å². The fraction of sp³-hybridized carbons (Fsp3) is 0.600. The van der Waals surface area contributed by atoms with Crippen LogP contribution in [0.25, 0.3) is 0 Å². The minimum absolute atomic E-state index is 0.143. The van der Waals surface area contributed by atoms with Crippen molar-refractivity contribution in [2.75, 3.05) is 0 Å². The molecule has 0 atom stereocenters. The van der Waals surface area contributed by atoms with Crippen LogP contribution in [0.2, 0.25) is 0 Å². The van der Waals surface area contributed by atoms with Gasteiger partial charge in [0.25, 0.3) is 0 Å². The molecular weight excluding hydrogens is 331 g/mol. The van der Waals surface area contributed by atoms with Crippen molar-refractivity contribution in [3.8, 4) is 0 Å². The van der Waals surface area contributed by atoms with Crippen LogP contribution in [0, 0.1) is 0 Å². The van der Waals surface area contributed by atoms with E-state index in [-0.39, 0.29) is 24.3 Å². The summed E-state index contributed by atoms with van der Waals surface area (Å²) in [4.78, 5) is -0.143. The molecule has 1 aliphatic heterocycles. The van der Waals surface area contributed by atoms with Crippen LogP contribution in [0.4, 0.5) is 13.2 Å². The summed E-state index contributed by atoms with van der Waals surface area (Å²) in [6.45, 7) is 0.679. The molecule has 2 aliphatic rings. The highest BCUT2D eigenvalue weighted by molar-refractivity contribution is 7.89. The highest BCUT2D eigenvalue weighted by atomic mass is 32.2. The summed E-state index contributed by atoms with van der Waals surface area (Å²) in [6, 6.07) is 4.33. The number of rotatable bonds is 3. The molecule has 1 saturated carbocycles. The molecule has 1 aromatic rings. The topological polar surface area (TPSA) is 55.4 Å². The number of nitrogens with one attached hydrogen (secondary N) is 1. The summed E-state index contributed by atoms with van der Waals surface area (Å²) in [6.07, 6.45) is -3.64. The predicted molar refractivity (Wildman–Crippen MR) is 77.1 cm³/mol. The van der Waals surface area contributed by atoms with Crippen molar-refractivity contribution in [3.63, 3.8) is 0 Å². The number of alkyl halides is 3. The van der Waals surface area contributed by atoms with Gasteiger partial charge in [-0.2, -0.15) is 17.9 Å². The van der Waals surface area contributed by atoms with Gasteiger partial charge in [0.1, 0.15) is 5.54 Å². The van der Waals surface area contributed by atoms with E-state index >= 15 is 0 Å². The molecule has 1 aliphatic carbocycles. The molecule has 0 amide bonds. The van der Waals surface area contributed by atoms with E-state index in [0.717, 1.165) is 5.56 Å². The van der Waals surface area contributed by atoms with Gasteiger partial charge in [0, 0.05) is 0 Å². The Bertz CT molecular complexity index is 694. The van der Waals surface area contributed by atoms with Gasteiger partial charge in [-0.3, -0.25) is 0 Å². The van der Waals surface area contributed by atoms with Gasteiger partial charge < -0.3 is 4.74 Å². The van der Waals surface area contributed by atoms with E-state index in [9.17, 15) is 21.6 Å². The Kier molecular flexibility index (Phi) is 4.18. The second-order valence-corrected chi connectivity index (χ2v) is 7.85. The molecular formula is C15H18F3NO3S. The molecule has 1 fully saturated rings. The van der Waals surface area contributed by atoms with Gasteiger partial charge >= 0.3 is 6.18 Å². The quantitative estimate of drug-likeness (QED) is 0.911. The van der Waals surface area contributed by atoms with Crippen LogP contribution in [0.15, 0.2) is 23.1 Å². The highest BCUT2D eigenvalue weighted by Crippen LogP contribution is 2.42. The maximum atomic E-state index is 13.5. The second kappa shape index (κ2) is 5.75. The summed E-state index contributed by atoms with van der Waals surface area (Å²) >= 11 is 0. The minimum atomic E-state index is -4.61.